The van der Waals surface area contributed by atoms with Crippen molar-refractivity contribution in [1.29, 1.82) is 0 Å². The number of benzene rings is 1. The highest BCUT2D eigenvalue weighted by Crippen LogP contribution is 2.39. The first kappa shape index (κ1) is 28.6. The van der Waals surface area contributed by atoms with Gasteiger partial charge in [0, 0.05) is 40.8 Å². The van der Waals surface area contributed by atoms with Crippen LogP contribution < -0.4 is 15.4 Å². The Morgan fingerprint density at radius 2 is 1.88 bits per heavy atom. The Balaban J connectivity index is 1.22. The quantitative estimate of drug-likeness (QED) is 0.218. The van der Waals surface area contributed by atoms with E-state index >= 15 is 0 Å². The van der Waals surface area contributed by atoms with Crippen molar-refractivity contribution in [2.45, 2.75) is 70.8 Å². The average Bonchev–Trinajstić information content (AvgIpc) is 3.63. The zero-order chi connectivity index (χ0) is 29.1. The predicted octanol–water partition coefficient (Wildman–Crippen LogP) is 6.09. The summed E-state index contributed by atoms with van der Waals surface area (Å²) in [5, 5.41) is 9.16. The van der Waals surface area contributed by atoms with Crippen molar-refractivity contribution in [2.24, 2.45) is 5.92 Å². The van der Waals surface area contributed by atoms with Gasteiger partial charge in [0.2, 0.25) is 17.7 Å². The number of thiophene rings is 1. The van der Waals surface area contributed by atoms with E-state index in [0.29, 0.717) is 24.0 Å². The summed E-state index contributed by atoms with van der Waals surface area (Å²) >= 11 is 1.61. The highest BCUT2D eigenvalue weighted by molar-refractivity contribution is 7.17. The molecular formula is C32H40N6O3S. The molecule has 3 N–H and O–H groups in total. The maximum atomic E-state index is 13.1. The summed E-state index contributed by atoms with van der Waals surface area (Å²) in [6.07, 6.45) is 7.13. The van der Waals surface area contributed by atoms with Crippen molar-refractivity contribution in [3.8, 4) is 5.88 Å². The lowest BCUT2D eigenvalue weighted by Crippen LogP contribution is -2.37. The summed E-state index contributed by atoms with van der Waals surface area (Å²) < 4.78 is 7.27. The van der Waals surface area contributed by atoms with Gasteiger partial charge in [-0.05, 0) is 94.4 Å². The van der Waals surface area contributed by atoms with E-state index in [9.17, 15) is 9.59 Å². The molecule has 2 aliphatic rings. The minimum Gasteiger partial charge on any atom is -0.476 e. The van der Waals surface area contributed by atoms with Crippen LogP contribution in [0.1, 0.15) is 80.8 Å². The molecule has 222 valence electrons. The lowest BCUT2D eigenvalue weighted by Gasteiger charge is -2.28. The standard InChI is InChI=1S/C32H40N6O3S/c1-20(2)33-30(39)23-9-7-22(8-10-23)28-29-25(19-27(35-28)41-16-15-38-13-4-3-5-14-38)34-32(36-29)37-31(40)24-11-6-21-12-17-42-26(21)18-24/h6,11-12,17-20,22-23H,3-5,7-10,13-16H2,1-2H3,(H,33,39)(H2,34,36,37,40). The van der Waals surface area contributed by atoms with Crippen LogP contribution >= 0.6 is 11.3 Å². The molecule has 0 unspecified atom stereocenters. The summed E-state index contributed by atoms with van der Waals surface area (Å²) in [6.45, 7) is 7.69. The first-order valence-electron chi connectivity index (χ1n) is 15.3. The van der Waals surface area contributed by atoms with Gasteiger partial charge < -0.3 is 15.0 Å². The number of nitrogens with one attached hydrogen (secondary N) is 3. The minimum atomic E-state index is -0.214. The highest BCUT2D eigenvalue weighted by Gasteiger charge is 2.30. The van der Waals surface area contributed by atoms with Crippen LogP contribution in [0.2, 0.25) is 0 Å². The number of H-pyrrole nitrogens is 1. The Morgan fingerprint density at radius 3 is 2.67 bits per heavy atom. The number of likely N-dealkylation sites (tertiary alicyclic amines) is 1. The first-order valence-corrected chi connectivity index (χ1v) is 16.2. The zero-order valence-electron chi connectivity index (χ0n) is 24.4. The number of aromatic nitrogens is 3. The van der Waals surface area contributed by atoms with Crippen LogP contribution in [0, 0.1) is 5.92 Å². The number of ether oxygens (including phenoxy) is 1. The molecule has 1 aromatic carbocycles. The molecule has 0 radical (unpaired) electrons. The second kappa shape index (κ2) is 12.8. The van der Waals surface area contributed by atoms with Gasteiger partial charge in [0.05, 0.1) is 11.2 Å². The second-order valence-corrected chi connectivity index (χ2v) is 12.9. The molecule has 42 heavy (non-hydrogen) atoms. The van der Waals surface area contributed by atoms with Gasteiger partial charge in [0.1, 0.15) is 12.1 Å². The summed E-state index contributed by atoms with van der Waals surface area (Å²) in [6, 6.07) is 9.78. The Bertz CT molecular complexity index is 1550. The number of amides is 2. The number of carbonyl (C=O) groups excluding carboxylic acids is 2. The van der Waals surface area contributed by atoms with E-state index in [1.54, 1.807) is 11.3 Å². The Labute approximate surface area is 250 Å². The monoisotopic (exact) mass is 588 g/mol. The van der Waals surface area contributed by atoms with Crippen LogP contribution in [0.25, 0.3) is 21.1 Å². The molecule has 0 atom stereocenters. The number of carbonyl (C=O) groups is 2. The molecule has 2 fully saturated rings. The summed E-state index contributed by atoms with van der Waals surface area (Å²) in [4.78, 5) is 41.3. The van der Waals surface area contributed by atoms with Crippen LogP contribution in [0.4, 0.5) is 5.95 Å². The molecule has 3 aromatic heterocycles. The van der Waals surface area contributed by atoms with Crippen molar-refractivity contribution in [1.82, 2.24) is 25.2 Å². The molecule has 4 heterocycles. The van der Waals surface area contributed by atoms with E-state index in [2.05, 4.69) is 20.5 Å². The van der Waals surface area contributed by atoms with Gasteiger partial charge in [-0.15, -0.1) is 11.3 Å². The van der Waals surface area contributed by atoms with Gasteiger partial charge in [-0.1, -0.05) is 12.5 Å². The SMILES string of the molecule is CC(C)NC(=O)C1CCC(c2nc(OCCN3CCCCC3)cc3[nH]c(NC(=O)c4ccc5ccsc5c4)nc23)CC1. The second-order valence-electron chi connectivity index (χ2n) is 11.9. The van der Waals surface area contributed by atoms with Gasteiger partial charge in [-0.25, -0.2) is 9.97 Å². The van der Waals surface area contributed by atoms with Crippen molar-refractivity contribution in [2.75, 3.05) is 31.6 Å². The number of fused-ring (bicyclic) bond motifs is 2. The maximum absolute atomic E-state index is 13.1. The van der Waals surface area contributed by atoms with Crippen LogP contribution in [0.3, 0.4) is 0 Å². The Morgan fingerprint density at radius 1 is 1.07 bits per heavy atom. The van der Waals surface area contributed by atoms with E-state index in [0.717, 1.165) is 72.1 Å². The zero-order valence-corrected chi connectivity index (χ0v) is 25.3. The summed E-state index contributed by atoms with van der Waals surface area (Å²) in [5.41, 5.74) is 3.00. The molecule has 0 spiro atoms. The summed E-state index contributed by atoms with van der Waals surface area (Å²) in [5.74, 6) is 1.07. The van der Waals surface area contributed by atoms with E-state index in [-0.39, 0.29) is 29.7 Å². The number of hydrogen-bond acceptors (Lipinski definition) is 7. The van der Waals surface area contributed by atoms with Gasteiger partial charge in [0.25, 0.3) is 5.91 Å². The lowest BCUT2D eigenvalue weighted by molar-refractivity contribution is -0.126. The van der Waals surface area contributed by atoms with Crippen molar-refractivity contribution < 1.29 is 14.3 Å². The third-order valence-electron chi connectivity index (χ3n) is 8.44. The van der Waals surface area contributed by atoms with Crippen LogP contribution in [0.5, 0.6) is 5.88 Å². The molecule has 6 rings (SSSR count). The molecule has 0 bridgehead atoms. The molecule has 10 heteroatoms. The minimum absolute atomic E-state index is 0.0258. The number of hydrogen-bond donors (Lipinski definition) is 3. The fourth-order valence-electron chi connectivity index (χ4n) is 6.20. The number of pyridine rings is 1. The Kier molecular flexibility index (Phi) is 8.71. The van der Waals surface area contributed by atoms with Crippen molar-refractivity contribution >= 4 is 50.2 Å². The number of piperidine rings is 1. The average molecular weight is 589 g/mol. The normalized spacial score (nSPS) is 19.8. The van der Waals surface area contributed by atoms with E-state index in [4.69, 9.17) is 14.7 Å². The van der Waals surface area contributed by atoms with Gasteiger partial charge in [-0.3, -0.25) is 19.8 Å². The number of aromatic amines is 1. The van der Waals surface area contributed by atoms with E-state index in [1.807, 2.05) is 49.6 Å². The largest absolute Gasteiger partial charge is 0.476 e. The fraction of sp³-hybridized carbons (Fsp3) is 0.500. The van der Waals surface area contributed by atoms with Crippen LogP contribution in [-0.4, -0.2) is 63.9 Å². The maximum Gasteiger partial charge on any atom is 0.258 e. The van der Waals surface area contributed by atoms with E-state index in [1.165, 1.54) is 19.3 Å². The third-order valence-corrected chi connectivity index (χ3v) is 9.32. The molecule has 4 aromatic rings. The Hall–Kier alpha value is -3.50. The molecular weight excluding hydrogens is 548 g/mol. The van der Waals surface area contributed by atoms with Crippen LogP contribution in [0.15, 0.2) is 35.7 Å². The number of nitrogens with zero attached hydrogens (tertiary/aromatic N) is 3. The highest BCUT2D eigenvalue weighted by atomic mass is 32.1. The third kappa shape index (κ3) is 6.60. The molecule has 1 saturated heterocycles. The predicted molar refractivity (Wildman–Crippen MR) is 167 cm³/mol. The van der Waals surface area contributed by atoms with Crippen molar-refractivity contribution in [3.05, 3.63) is 47.0 Å². The molecule has 1 aliphatic heterocycles. The fourth-order valence-corrected chi connectivity index (χ4v) is 7.03. The summed E-state index contributed by atoms with van der Waals surface area (Å²) in [7, 11) is 0. The number of anilines is 1. The van der Waals surface area contributed by atoms with Crippen molar-refractivity contribution in [3.63, 3.8) is 0 Å². The van der Waals surface area contributed by atoms with Gasteiger partial charge in [-0.2, -0.15) is 0 Å². The molecule has 1 saturated carbocycles. The van der Waals surface area contributed by atoms with Gasteiger partial charge >= 0.3 is 0 Å². The molecule has 1 aliphatic carbocycles. The lowest BCUT2D eigenvalue weighted by atomic mass is 9.79. The number of rotatable bonds is 9. The molecule has 2 amide bonds. The first-order chi connectivity index (χ1) is 20.4. The smallest absolute Gasteiger partial charge is 0.258 e. The molecule has 9 nitrogen and oxygen atoms in total. The number of imidazole rings is 1. The topological polar surface area (TPSA) is 112 Å². The van der Waals surface area contributed by atoms with E-state index < -0.39 is 0 Å². The van der Waals surface area contributed by atoms with Gasteiger partial charge in [0.15, 0.2) is 0 Å². The van der Waals surface area contributed by atoms with Crippen LogP contribution in [-0.2, 0) is 4.79 Å².